The first-order valence-corrected chi connectivity index (χ1v) is 6.29. The van der Waals surface area contributed by atoms with Crippen LogP contribution in [0.1, 0.15) is 41.7 Å². The maximum atomic E-state index is 10.9. The molecule has 0 saturated carbocycles. The van der Waals surface area contributed by atoms with Gasteiger partial charge >= 0.3 is 5.97 Å². The van der Waals surface area contributed by atoms with E-state index in [4.69, 9.17) is 5.11 Å². The Morgan fingerprint density at radius 1 is 1.50 bits per heavy atom. The normalized spacial score (nSPS) is 14.4. The van der Waals surface area contributed by atoms with Gasteiger partial charge < -0.3 is 10.4 Å². The second kappa shape index (κ2) is 5.67. The molecule has 18 heavy (non-hydrogen) atoms. The Kier molecular flexibility index (Phi) is 3.97. The molecule has 0 unspecified atom stereocenters. The lowest BCUT2D eigenvalue weighted by Crippen LogP contribution is -2.07. The summed E-state index contributed by atoms with van der Waals surface area (Å²) in [5, 5.41) is 12.1. The van der Waals surface area contributed by atoms with Crippen molar-refractivity contribution < 1.29 is 9.90 Å². The molecule has 0 radical (unpaired) electrons. The van der Waals surface area contributed by atoms with E-state index in [1.54, 1.807) is 19.1 Å². The number of carboxylic acid groups (broad SMARTS) is 1. The minimum absolute atomic E-state index is 0.263. The van der Waals surface area contributed by atoms with Gasteiger partial charge in [-0.1, -0.05) is 11.6 Å². The van der Waals surface area contributed by atoms with E-state index in [1.165, 1.54) is 24.8 Å². The number of anilines is 1. The molecular formula is C14H18N2O2. The molecule has 4 nitrogen and oxygen atoms in total. The molecule has 0 fully saturated rings. The Morgan fingerprint density at radius 2 is 2.33 bits per heavy atom. The number of allylic oxidation sites excluding steroid dienone is 1. The molecule has 0 amide bonds. The average molecular weight is 246 g/mol. The van der Waals surface area contributed by atoms with Crippen molar-refractivity contribution in [1.82, 2.24) is 4.98 Å². The highest BCUT2D eigenvalue weighted by atomic mass is 16.4. The van der Waals surface area contributed by atoms with Crippen LogP contribution in [-0.4, -0.2) is 22.6 Å². The van der Waals surface area contributed by atoms with Crippen LogP contribution in [0.3, 0.4) is 0 Å². The Labute approximate surface area is 107 Å². The number of carbonyl (C=O) groups is 1. The molecule has 1 heterocycles. The summed E-state index contributed by atoms with van der Waals surface area (Å²) >= 11 is 0. The molecule has 4 heteroatoms. The lowest BCUT2D eigenvalue weighted by atomic mass is 10.1. The first-order valence-electron chi connectivity index (χ1n) is 6.29. The van der Waals surface area contributed by atoms with E-state index in [9.17, 15) is 4.79 Å². The standard InChI is InChI=1S/C14H18N2O2/c1-10-12(14(17)18)6-7-13(16-10)15-9-8-11-4-2-3-5-11/h4,6-7H,2-3,5,8-9H2,1H3,(H,15,16)(H,17,18). The van der Waals surface area contributed by atoms with Crippen molar-refractivity contribution in [3.05, 3.63) is 35.0 Å². The number of nitrogens with zero attached hydrogens (tertiary/aromatic N) is 1. The van der Waals surface area contributed by atoms with Gasteiger partial charge in [-0.2, -0.15) is 0 Å². The topological polar surface area (TPSA) is 62.2 Å². The number of nitrogens with one attached hydrogen (secondary N) is 1. The fraction of sp³-hybridized carbons (Fsp3) is 0.429. The highest BCUT2D eigenvalue weighted by Crippen LogP contribution is 2.20. The van der Waals surface area contributed by atoms with Gasteiger partial charge in [0.1, 0.15) is 5.82 Å². The predicted octanol–water partition coefficient (Wildman–Crippen LogP) is 3.00. The summed E-state index contributed by atoms with van der Waals surface area (Å²) in [5.74, 6) is -0.182. The Balaban J connectivity index is 1.89. The van der Waals surface area contributed by atoms with E-state index >= 15 is 0 Å². The minimum Gasteiger partial charge on any atom is -0.478 e. The van der Waals surface area contributed by atoms with Gasteiger partial charge in [0, 0.05) is 6.54 Å². The van der Waals surface area contributed by atoms with Gasteiger partial charge in [0.15, 0.2) is 0 Å². The predicted molar refractivity (Wildman–Crippen MR) is 71.0 cm³/mol. The highest BCUT2D eigenvalue weighted by Gasteiger charge is 2.08. The Bertz CT molecular complexity index is 481. The molecule has 0 saturated heterocycles. The lowest BCUT2D eigenvalue weighted by Gasteiger charge is -2.08. The number of rotatable bonds is 5. The number of aromatic carboxylic acids is 1. The first kappa shape index (κ1) is 12.6. The van der Waals surface area contributed by atoms with Crippen molar-refractivity contribution in [3.8, 4) is 0 Å². The molecule has 1 aliphatic rings. The molecule has 0 atom stereocenters. The largest absolute Gasteiger partial charge is 0.478 e. The zero-order valence-electron chi connectivity index (χ0n) is 10.6. The summed E-state index contributed by atoms with van der Waals surface area (Å²) in [5.41, 5.74) is 2.33. The molecule has 1 aromatic heterocycles. The third-order valence-electron chi connectivity index (χ3n) is 3.20. The third-order valence-corrected chi connectivity index (χ3v) is 3.20. The molecule has 0 aliphatic heterocycles. The molecule has 0 aromatic carbocycles. The lowest BCUT2D eigenvalue weighted by molar-refractivity contribution is 0.0695. The van der Waals surface area contributed by atoms with Crippen LogP contribution >= 0.6 is 0 Å². The molecule has 2 rings (SSSR count). The minimum atomic E-state index is -0.928. The van der Waals surface area contributed by atoms with Crippen LogP contribution in [0.25, 0.3) is 0 Å². The van der Waals surface area contributed by atoms with Crippen LogP contribution in [0.5, 0.6) is 0 Å². The van der Waals surface area contributed by atoms with E-state index in [0.29, 0.717) is 5.69 Å². The van der Waals surface area contributed by atoms with Crippen molar-refractivity contribution in [3.63, 3.8) is 0 Å². The van der Waals surface area contributed by atoms with Crippen LogP contribution in [0.15, 0.2) is 23.8 Å². The monoisotopic (exact) mass is 246 g/mol. The summed E-state index contributed by atoms with van der Waals surface area (Å²) in [6.45, 7) is 2.57. The number of hydrogen-bond donors (Lipinski definition) is 2. The molecule has 1 aliphatic carbocycles. The van der Waals surface area contributed by atoms with Crippen molar-refractivity contribution in [2.75, 3.05) is 11.9 Å². The van der Waals surface area contributed by atoms with Crippen LogP contribution in [0.4, 0.5) is 5.82 Å². The van der Waals surface area contributed by atoms with Gasteiger partial charge in [0.05, 0.1) is 11.3 Å². The van der Waals surface area contributed by atoms with E-state index in [2.05, 4.69) is 16.4 Å². The average Bonchev–Trinajstić information content (AvgIpc) is 2.81. The molecular weight excluding hydrogens is 228 g/mol. The number of hydrogen-bond acceptors (Lipinski definition) is 3. The molecule has 2 N–H and O–H groups in total. The second-order valence-corrected chi connectivity index (χ2v) is 4.57. The molecule has 0 spiro atoms. The van der Waals surface area contributed by atoms with Gasteiger partial charge in [-0.15, -0.1) is 0 Å². The van der Waals surface area contributed by atoms with Crippen LogP contribution in [-0.2, 0) is 0 Å². The number of aromatic nitrogens is 1. The SMILES string of the molecule is Cc1nc(NCCC2=CCCC2)ccc1C(=O)O. The fourth-order valence-electron chi connectivity index (χ4n) is 2.20. The summed E-state index contributed by atoms with van der Waals surface area (Å²) in [4.78, 5) is 15.1. The number of aryl methyl sites for hydroxylation is 1. The van der Waals surface area contributed by atoms with Crippen molar-refractivity contribution in [2.45, 2.75) is 32.6 Å². The number of carboxylic acids is 1. The Morgan fingerprint density at radius 3 is 2.94 bits per heavy atom. The zero-order chi connectivity index (χ0) is 13.0. The van der Waals surface area contributed by atoms with E-state index in [1.807, 2.05) is 0 Å². The van der Waals surface area contributed by atoms with Crippen LogP contribution in [0.2, 0.25) is 0 Å². The second-order valence-electron chi connectivity index (χ2n) is 4.57. The summed E-state index contributed by atoms with van der Waals surface area (Å²) < 4.78 is 0. The maximum Gasteiger partial charge on any atom is 0.337 e. The van der Waals surface area contributed by atoms with Crippen molar-refractivity contribution >= 4 is 11.8 Å². The van der Waals surface area contributed by atoms with Gasteiger partial charge in [0.25, 0.3) is 0 Å². The zero-order valence-corrected chi connectivity index (χ0v) is 10.6. The van der Waals surface area contributed by atoms with Crippen LogP contribution < -0.4 is 5.32 Å². The summed E-state index contributed by atoms with van der Waals surface area (Å²) in [7, 11) is 0. The quantitative estimate of drug-likeness (QED) is 0.784. The molecule has 1 aromatic rings. The summed E-state index contributed by atoms with van der Waals surface area (Å²) in [6.07, 6.45) is 7.06. The van der Waals surface area contributed by atoms with Crippen molar-refractivity contribution in [1.29, 1.82) is 0 Å². The highest BCUT2D eigenvalue weighted by molar-refractivity contribution is 5.89. The fourth-order valence-corrected chi connectivity index (χ4v) is 2.20. The van der Waals surface area contributed by atoms with Crippen molar-refractivity contribution in [2.24, 2.45) is 0 Å². The van der Waals surface area contributed by atoms with Crippen LogP contribution in [0, 0.1) is 6.92 Å². The van der Waals surface area contributed by atoms with Gasteiger partial charge in [-0.25, -0.2) is 9.78 Å². The Hall–Kier alpha value is -1.84. The number of pyridine rings is 1. The van der Waals surface area contributed by atoms with Gasteiger partial charge in [-0.05, 0) is 44.7 Å². The summed E-state index contributed by atoms with van der Waals surface area (Å²) in [6, 6.07) is 3.32. The smallest absolute Gasteiger partial charge is 0.337 e. The molecule has 96 valence electrons. The first-order chi connectivity index (χ1) is 8.66. The molecule has 0 bridgehead atoms. The van der Waals surface area contributed by atoms with E-state index in [-0.39, 0.29) is 5.56 Å². The van der Waals surface area contributed by atoms with E-state index in [0.717, 1.165) is 18.8 Å². The maximum absolute atomic E-state index is 10.9. The van der Waals surface area contributed by atoms with Gasteiger partial charge in [-0.3, -0.25) is 0 Å². The van der Waals surface area contributed by atoms with E-state index < -0.39 is 5.97 Å². The van der Waals surface area contributed by atoms with Gasteiger partial charge in [0.2, 0.25) is 0 Å². The third kappa shape index (κ3) is 3.09.